The van der Waals surface area contributed by atoms with Gasteiger partial charge in [-0.1, -0.05) is 0 Å². The Morgan fingerprint density at radius 1 is 1.11 bits per heavy atom. The maximum Gasteiger partial charge on any atom is 0.378 e. The molecular formula is C13H14O6. The minimum Gasteiger partial charge on any atom is -0.507 e. The van der Waals surface area contributed by atoms with E-state index in [1.807, 2.05) is 0 Å². The molecule has 102 valence electrons. The van der Waals surface area contributed by atoms with E-state index in [2.05, 4.69) is 4.74 Å². The van der Waals surface area contributed by atoms with Gasteiger partial charge in [0.15, 0.2) is 11.5 Å². The first-order chi connectivity index (χ1) is 9.03. The van der Waals surface area contributed by atoms with Crippen LogP contribution in [-0.4, -0.2) is 38.2 Å². The van der Waals surface area contributed by atoms with Crippen LogP contribution >= 0.6 is 0 Å². The fourth-order valence-corrected chi connectivity index (χ4v) is 1.36. The van der Waals surface area contributed by atoms with Crippen molar-refractivity contribution in [2.45, 2.75) is 0 Å². The van der Waals surface area contributed by atoms with Gasteiger partial charge >= 0.3 is 5.97 Å². The van der Waals surface area contributed by atoms with Crippen molar-refractivity contribution in [3.05, 3.63) is 29.8 Å². The van der Waals surface area contributed by atoms with Crippen molar-refractivity contribution in [3.63, 3.8) is 0 Å². The molecule has 1 rings (SSSR count). The molecule has 1 N–H and O–H groups in total. The number of ether oxygens (including phenoxy) is 3. The second-order valence-corrected chi connectivity index (χ2v) is 3.46. The first-order valence-corrected chi connectivity index (χ1v) is 5.28. The number of aliphatic hydroxyl groups is 1. The molecule has 1 aromatic carbocycles. The Balaban J connectivity index is 3.06. The molecule has 0 heterocycles. The van der Waals surface area contributed by atoms with Gasteiger partial charge in [-0.15, -0.1) is 0 Å². The van der Waals surface area contributed by atoms with Gasteiger partial charge in [0, 0.05) is 11.6 Å². The molecule has 0 aliphatic rings. The molecule has 0 aromatic heterocycles. The van der Waals surface area contributed by atoms with E-state index in [0.29, 0.717) is 17.1 Å². The van der Waals surface area contributed by atoms with Gasteiger partial charge in [-0.3, -0.25) is 4.79 Å². The van der Waals surface area contributed by atoms with Crippen molar-refractivity contribution in [2.24, 2.45) is 0 Å². The van der Waals surface area contributed by atoms with Crippen LogP contribution in [0.25, 0.3) is 5.76 Å². The molecule has 0 unspecified atom stereocenters. The first kappa shape index (κ1) is 14.6. The van der Waals surface area contributed by atoms with Crippen LogP contribution in [0.15, 0.2) is 24.3 Å². The highest BCUT2D eigenvalue weighted by Crippen LogP contribution is 2.29. The SMILES string of the molecule is COC(=O)C(=O)/C=C(\O)c1ccc(OC)c(OC)c1. The Morgan fingerprint density at radius 3 is 2.26 bits per heavy atom. The molecule has 1 aromatic rings. The summed E-state index contributed by atoms with van der Waals surface area (Å²) in [6.45, 7) is 0. The summed E-state index contributed by atoms with van der Waals surface area (Å²) in [5.41, 5.74) is 0.315. The van der Waals surface area contributed by atoms with E-state index in [0.717, 1.165) is 13.2 Å². The topological polar surface area (TPSA) is 82.1 Å². The number of carbonyl (C=O) groups excluding carboxylic acids is 2. The van der Waals surface area contributed by atoms with Crippen molar-refractivity contribution >= 4 is 17.5 Å². The van der Waals surface area contributed by atoms with Gasteiger partial charge < -0.3 is 19.3 Å². The summed E-state index contributed by atoms with van der Waals surface area (Å²) in [5, 5.41) is 9.76. The van der Waals surface area contributed by atoms with Gasteiger partial charge in [-0.25, -0.2) is 4.79 Å². The predicted molar refractivity (Wildman–Crippen MR) is 67.2 cm³/mol. The number of rotatable bonds is 5. The maximum absolute atomic E-state index is 11.3. The lowest BCUT2D eigenvalue weighted by atomic mass is 10.1. The van der Waals surface area contributed by atoms with Gasteiger partial charge in [0.1, 0.15) is 5.76 Å². The van der Waals surface area contributed by atoms with Crippen molar-refractivity contribution in [3.8, 4) is 11.5 Å². The minimum absolute atomic E-state index is 0.315. The van der Waals surface area contributed by atoms with E-state index in [-0.39, 0.29) is 5.76 Å². The summed E-state index contributed by atoms with van der Waals surface area (Å²) in [4.78, 5) is 22.2. The number of ketones is 1. The Kier molecular flexibility index (Phi) is 4.93. The lowest BCUT2D eigenvalue weighted by Crippen LogP contribution is -2.13. The van der Waals surface area contributed by atoms with Gasteiger partial charge in [0.05, 0.1) is 21.3 Å². The highest BCUT2D eigenvalue weighted by molar-refractivity contribution is 6.39. The smallest absolute Gasteiger partial charge is 0.378 e. The van der Waals surface area contributed by atoms with Gasteiger partial charge in [-0.05, 0) is 18.2 Å². The van der Waals surface area contributed by atoms with Gasteiger partial charge in [-0.2, -0.15) is 0 Å². The normalized spacial score (nSPS) is 10.8. The third-order valence-electron chi connectivity index (χ3n) is 2.33. The number of methoxy groups -OCH3 is 3. The van der Waals surface area contributed by atoms with Crippen molar-refractivity contribution in [1.82, 2.24) is 0 Å². The summed E-state index contributed by atoms with van der Waals surface area (Å²) < 4.78 is 14.3. The Morgan fingerprint density at radius 2 is 1.74 bits per heavy atom. The summed E-state index contributed by atoms with van der Waals surface area (Å²) >= 11 is 0. The molecule has 0 spiro atoms. The van der Waals surface area contributed by atoms with E-state index in [4.69, 9.17) is 9.47 Å². The summed E-state index contributed by atoms with van der Waals surface area (Å²) in [6, 6.07) is 4.58. The van der Waals surface area contributed by atoms with Gasteiger partial charge in [0.25, 0.3) is 5.78 Å². The molecule has 0 aliphatic heterocycles. The number of hydrogen-bond donors (Lipinski definition) is 1. The lowest BCUT2D eigenvalue weighted by Gasteiger charge is -2.09. The van der Waals surface area contributed by atoms with Crippen molar-refractivity contribution in [2.75, 3.05) is 21.3 Å². The van der Waals surface area contributed by atoms with Crippen LogP contribution < -0.4 is 9.47 Å². The molecule has 6 heteroatoms. The standard InChI is InChI=1S/C13H14O6/c1-17-11-5-4-8(6-12(11)18-2)9(14)7-10(15)13(16)19-3/h4-7,14H,1-3H3/b9-7-. The Bertz CT molecular complexity index is 518. The number of hydrogen-bond acceptors (Lipinski definition) is 6. The number of benzene rings is 1. The molecule has 19 heavy (non-hydrogen) atoms. The largest absolute Gasteiger partial charge is 0.507 e. The average molecular weight is 266 g/mol. The third-order valence-corrected chi connectivity index (χ3v) is 2.33. The molecule has 0 amide bonds. The van der Waals surface area contributed by atoms with Crippen LogP contribution in [-0.2, 0) is 14.3 Å². The van der Waals surface area contributed by atoms with E-state index in [1.54, 1.807) is 6.07 Å². The molecule has 0 bridgehead atoms. The maximum atomic E-state index is 11.3. The fraction of sp³-hybridized carbons (Fsp3) is 0.231. The monoisotopic (exact) mass is 266 g/mol. The predicted octanol–water partition coefficient (Wildman–Crippen LogP) is 1.34. The molecule has 0 radical (unpaired) electrons. The molecule has 0 atom stereocenters. The zero-order valence-corrected chi connectivity index (χ0v) is 10.8. The summed E-state index contributed by atoms with van der Waals surface area (Å²) in [5.74, 6) is -1.48. The lowest BCUT2D eigenvalue weighted by molar-refractivity contribution is -0.149. The van der Waals surface area contributed by atoms with Gasteiger partial charge in [0.2, 0.25) is 0 Å². The molecule has 0 saturated heterocycles. The second-order valence-electron chi connectivity index (χ2n) is 3.46. The van der Waals surface area contributed by atoms with Crippen molar-refractivity contribution in [1.29, 1.82) is 0 Å². The zero-order valence-electron chi connectivity index (χ0n) is 10.8. The van der Waals surface area contributed by atoms with Crippen LogP contribution in [0.1, 0.15) is 5.56 Å². The summed E-state index contributed by atoms with van der Waals surface area (Å²) in [6.07, 6.45) is 0.785. The van der Waals surface area contributed by atoms with E-state index < -0.39 is 11.8 Å². The number of aliphatic hydroxyl groups excluding tert-OH is 1. The van der Waals surface area contributed by atoms with Crippen LogP contribution in [0.5, 0.6) is 11.5 Å². The van der Waals surface area contributed by atoms with Crippen LogP contribution in [0.4, 0.5) is 0 Å². The highest BCUT2D eigenvalue weighted by Gasteiger charge is 2.14. The molecule has 0 saturated carbocycles. The third kappa shape index (κ3) is 3.48. The van der Waals surface area contributed by atoms with Crippen LogP contribution in [0, 0.1) is 0 Å². The second kappa shape index (κ2) is 6.44. The molecule has 6 nitrogen and oxygen atoms in total. The van der Waals surface area contributed by atoms with Crippen LogP contribution in [0.2, 0.25) is 0 Å². The van der Waals surface area contributed by atoms with E-state index in [1.165, 1.54) is 26.4 Å². The molecular weight excluding hydrogens is 252 g/mol. The van der Waals surface area contributed by atoms with Crippen molar-refractivity contribution < 1.29 is 28.9 Å². The molecule has 0 aliphatic carbocycles. The fourth-order valence-electron chi connectivity index (χ4n) is 1.36. The van der Waals surface area contributed by atoms with Crippen LogP contribution in [0.3, 0.4) is 0 Å². The number of esters is 1. The quantitative estimate of drug-likeness (QED) is 0.375. The summed E-state index contributed by atoms with van der Waals surface area (Å²) in [7, 11) is 4.01. The number of carbonyl (C=O) groups is 2. The highest BCUT2D eigenvalue weighted by atomic mass is 16.5. The molecule has 0 fully saturated rings. The van der Waals surface area contributed by atoms with E-state index >= 15 is 0 Å². The average Bonchev–Trinajstić information content (AvgIpc) is 2.45. The first-order valence-electron chi connectivity index (χ1n) is 5.28. The van der Waals surface area contributed by atoms with E-state index in [9.17, 15) is 14.7 Å². The zero-order chi connectivity index (χ0) is 14.4. The minimum atomic E-state index is -1.05. The Hall–Kier alpha value is -2.50. The Labute approximate surface area is 110 Å².